The topological polar surface area (TPSA) is 40.5 Å². The van der Waals surface area contributed by atoms with Crippen molar-refractivity contribution in [2.45, 2.75) is 6.54 Å². The summed E-state index contributed by atoms with van der Waals surface area (Å²) in [5, 5.41) is 8.60. The van der Waals surface area contributed by atoms with E-state index in [1.165, 1.54) is 23.1 Å². The summed E-state index contributed by atoms with van der Waals surface area (Å²) in [4.78, 5) is 14.4. The molecule has 0 saturated heterocycles. The van der Waals surface area contributed by atoms with E-state index >= 15 is 0 Å². The summed E-state index contributed by atoms with van der Waals surface area (Å²) < 4.78 is 0.741. The maximum atomic E-state index is 11.6. The molecule has 1 N–H and O–H groups in total. The van der Waals surface area contributed by atoms with Crippen LogP contribution in [-0.4, -0.2) is 41.1 Å². The van der Waals surface area contributed by atoms with E-state index in [9.17, 15) is 4.79 Å². The minimum Gasteiger partial charge on any atom is -0.396 e. The van der Waals surface area contributed by atoms with Crippen molar-refractivity contribution in [1.29, 1.82) is 0 Å². The van der Waals surface area contributed by atoms with Crippen molar-refractivity contribution in [2.24, 2.45) is 0 Å². The molecule has 0 spiro atoms. The number of aliphatic hydroxyl groups is 1. The van der Waals surface area contributed by atoms with Crippen LogP contribution in [0.15, 0.2) is 12.1 Å². The highest BCUT2D eigenvalue weighted by atomic mass is 35.5. The van der Waals surface area contributed by atoms with Gasteiger partial charge in [-0.15, -0.1) is 23.1 Å². The second-order valence-corrected chi connectivity index (χ2v) is 6.14. The van der Waals surface area contributed by atoms with Gasteiger partial charge in [-0.1, -0.05) is 11.6 Å². The van der Waals surface area contributed by atoms with Gasteiger partial charge in [0.05, 0.1) is 23.2 Å². The van der Waals surface area contributed by atoms with Crippen LogP contribution < -0.4 is 0 Å². The van der Waals surface area contributed by atoms with E-state index in [0.717, 1.165) is 9.21 Å². The Kier molecular flexibility index (Phi) is 6.20. The Morgan fingerprint density at radius 3 is 2.94 bits per heavy atom. The van der Waals surface area contributed by atoms with Crippen LogP contribution in [0.4, 0.5) is 0 Å². The molecule has 0 fully saturated rings. The second kappa shape index (κ2) is 7.17. The summed E-state index contributed by atoms with van der Waals surface area (Å²) in [6.45, 7) is 0.706. The Balaban J connectivity index is 2.34. The number of thioether (sulfide) groups is 1. The van der Waals surface area contributed by atoms with Crippen LogP contribution in [0.1, 0.15) is 4.88 Å². The zero-order valence-corrected chi connectivity index (χ0v) is 11.4. The fourth-order valence-corrected chi connectivity index (χ4v) is 2.90. The Morgan fingerprint density at radius 1 is 1.62 bits per heavy atom. The van der Waals surface area contributed by atoms with Crippen molar-refractivity contribution >= 4 is 40.6 Å². The Labute approximate surface area is 108 Å². The minimum absolute atomic E-state index is 0.0722. The predicted molar refractivity (Wildman–Crippen MR) is 70.2 cm³/mol. The predicted octanol–water partition coefficient (Wildman–Crippen LogP) is 2.09. The number of hydrogen-bond acceptors (Lipinski definition) is 4. The fourth-order valence-electron chi connectivity index (χ4n) is 1.09. The maximum absolute atomic E-state index is 11.6. The molecule has 1 aromatic heterocycles. The minimum atomic E-state index is 0.0722. The standard InChI is InChI=1S/C10H14ClNO2S2/c1-12(10(14)7-15-5-4-13)6-8-2-3-9(11)16-8/h2-3,13H,4-7H2,1H3. The number of thiophene rings is 1. The lowest BCUT2D eigenvalue weighted by atomic mass is 10.4. The Hall–Kier alpha value is -0.230. The first-order valence-electron chi connectivity index (χ1n) is 4.80. The van der Waals surface area contributed by atoms with Gasteiger partial charge in [0, 0.05) is 17.7 Å². The van der Waals surface area contributed by atoms with Crippen LogP contribution in [0.5, 0.6) is 0 Å². The van der Waals surface area contributed by atoms with E-state index in [1.54, 1.807) is 11.9 Å². The third-order valence-corrected chi connectivity index (χ3v) is 4.05. The molecule has 1 heterocycles. The van der Waals surface area contributed by atoms with Gasteiger partial charge in [0.1, 0.15) is 0 Å². The van der Waals surface area contributed by atoms with Gasteiger partial charge in [-0.3, -0.25) is 4.79 Å². The molecule has 16 heavy (non-hydrogen) atoms. The summed E-state index contributed by atoms with van der Waals surface area (Å²) in [7, 11) is 1.77. The number of carbonyl (C=O) groups is 1. The zero-order chi connectivity index (χ0) is 12.0. The van der Waals surface area contributed by atoms with E-state index < -0.39 is 0 Å². The molecule has 0 radical (unpaired) electrons. The lowest BCUT2D eigenvalue weighted by molar-refractivity contribution is -0.127. The van der Waals surface area contributed by atoms with E-state index in [2.05, 4.69) is 0 Å². The van der Waals surface area contributed by atoms with Crippen molar-refractivity contribution in [3.63, 3.8) is 0 Å². The number of aliphatic hydroxyl groups excluding tert-OH is 1. The molecule has 1 amide bonds. The highest BCUT2D eigenvalue weighted by Gasteiger charge is 2.10. The third kappa shape index (κ3) is 4.74. The molecule has 1 rings (SSSR count). The molecule has 0 aliphatic heterocycles. The van der Waals surface area contributed by atoms with E-state index in [-0.39, 0.29) is 12.5 Å². The SMILES string of the molecule is CN(Cc1ccc(Cl)s1)C(=O)CSCCO. The summed E-state index contributed by atoms with van der Waals surface area (Å²) >= 11 is 8.74. The monoisotopic (exact) mass is 279 g/mol. The zero-order valence-electron chi connectivity index (χ0n) is 8.98. The van der Waals surface area contributed by atoms with Crippen molar-refractivity contribution in [2.75, 3.05) is 25.2 Å². The highest BCUT2D eigenvalue weighted by molar-refractivity contribution is 7.99. The van der Waals surface area contributed by atoms with Crippen LogP contribution in [0.2, 0.25) is 4.34 Å². The van der Waals surface area contributed by atoms with Gasteiger partial charge in [0.2, 0.25) is 5.91 Å². The molecule has 0 bridgehead atoms. The smallest absolute Gasteiger partial charge is 0.232 e. The van der Waals surface area contributed by atoms with Gasteiger partial charge in [-0.05, 0) is 12.1 Å². The van der Waals surface area contributed by atoms with E-state index in [0.29, 0.717) is 18.1 Å². The first-order chi connectivity index (χ1) is 7.63. The van der Waals surface area contributed by atoms with Gasteiger partial charge in [-0.25, -0.2) is 0 Å². The van der Waals surface area contributed by atoms with Crippen LogP contribution in [0.3, 0.4) is 0 Å². The molecule has 3 nitrogen and oxygen atoms in total. The van der Waals surface area contributed by atoms with E-state index in [4.69, 9.17) is 16.7 Å². The first-order valence-corrected chi connectivity index (χ1v) is 7.15. The Bertz CT molecular complexity index is 343. The normalized spacial score (nSPS) is 10.4. The van der Waals surface area contributed by atoms with Crippen LogP contribution in [0.25, 0.3) is 0 Å². The van der Waals surface area contributed by atoms with E-state index in [1.807, 2.05) is 12.1 Å². The molecular weight excluding hydrogens is 266 g/mol. The number of carbonyl (C=O) groups excluding carboxylic acids is 1. The summed E-state index contributed by atoms with van der Waals surface area (Å²) in [6.07, 6.45) is 0. The summed E-state index contributed by atoms with van der Waals surface area (Å²) in [5.74, 6) is 1.09. The molecule has 0 unspecified atom stereocenters. The number of nitrogens with zero attached hydrogens (tertiary/aromatic N) is 1. The van der Waals surface area contributed by atoms with Gasteiger partial charge < -0.3 is 10.0 Å². The molecule has 6 heteroatoms. The first kappa shape index (κ1) is 13.8. The highest BCUT2D eigenvalue weighted by Crippen LogP contribution is 2.22. The third-order valence-electron chi connectivity index (χ3n) is 1.91. The quantitative estimate of drug-likeness (QED) is 0.811. The maximum Gasteiger partial charge on any atom is 0.232 e. The molecule has 0 atom stereocenters. The number of hydrogen-bond donors (Lipinski definition) is 1. The van der Waals surface area contributed by atoms with Crippen molar-refractivity contribution < 1.29 is 9.90 Å². The van der Waals surface area contributed by atoms with Gasteiger partial charge in [0.15, 0.2) is 0 Å². The van der Waals surface area contributed by atoms with Gasteiger partial charge >= 0.3 is 0 Å². The Morgan fingerprint density at radius 2 is 2.38 bits per heavy atom. The van der Waals surface area contributed by atoms with Crippen molar-refractivity contribution in [1.82, 2.24) is 4.90 Å². The van der Waals surface area contributed by atoms with Gasteiger partial charge in [-0.2, -0.15) is 0 Å². The lowest BCUT2D eigenvalue weighted by Crippen LogP contribution is -2.27. The largest absolute Gasteiger partial charge is 0.396 e. The fraction of sp³-hybridized carbons (Fsp3) is 0.500. The molecule has 0 aliphatic carbocycles. The number of rotatable bonds is 6. The van der Waals surface area contributed by atoms with Crippen molar-refractivity contribution in [3.05, 3.63) is 21.3 Å². The molecular formula is C10H14ClNO2S2. The molecule has 0 aliphatic rings. The van der Waals surface area contributed by atoms with Crippen molar-refractivity contribution in [3.8, 4) is 0 Å². The van der Waals surface area contributed by atoms with Crippen LogP contribution in [0, 0.1) is 0 Å². The summed E-state index contributed by atoms with van der Waals surface area (Å²) in [6, 6.07) is 3.76. The number of amides is 1. The molecule has 1 aromatic rings. The number of halogens is 1. The molecule has 90 valence electrons. The molecule has 0 aromatic carbocycles. The van der Waals surface area contributed by atoms with Gasteiger partial charge in [0.25, 0.3) is 0 Å². The second-order valence-electron chi connectivity index (χ2n) is 3.23. The van der Waals surface area contributed by atoms with Crippen LogP contribution >= 0.6 is 34.7 Å². The molecule has 0 saturated carbocycles. The lowest BCUT2D eigenvalue weighted by Gasteiger charge is -2.15. The summed E-state index contributed by atoms with van der Waals surface area (Å²) in [5.41, 5.74) is 0. The van der Waals surface area contributed by atoms with Crippen LogP contribution in [-0.2, 0) is 11.3 Å². The average Bonchev–Trinajstić information content (AvgIpc) is 2.64. The average molecular weight is 280 g/mol.